The molecule has 3 rings (SSSR count). The molecule has 0 amide bonds. The molecule has 0 bridgehead atoms. The highest BCUT2D eigenvalue weighted by atomic mass is 16.5. The fourth-order valence-corrected chi connectivity index (χ4v) is 2.39. The van der Waals surface area contributed by atoms with Crippen LogP contribution in [0.15, 0.2) is 12.1 Å². The number of nitrogens with zero attached hydrogens (tertiary/aromatic N) is 1. The first-order valence-corrected chi connectivity index (χ1v) is 5.44. The molecule has 0 saturated carbocycles. The maximum Gasteiger partial charge on any atom is 0.122 e. The number of hydrogen-bond donors (Lipinski definition) is 0. The van der Waals surface area contributed by atoms with Crippen molar-refractivity contribution in [3.8, 4) is 11.8 Å². The largest absolute Gasteiger partial charge is 0.493 e. The van der Waals surface area contributed by atoms with Gasteiger partial charge in [-0.2, -0.15) is 5.26 Å². The molecule has 2 heteroatoms. The molecular weight excluding hydrogens is 186 g/mol. The molecule has 0 unspecified atom stereocenters. The second-order valence-electron chi connectivity index (χ2n) is 3.86. The first-order valence-electron chi connectivity index (χ1n) is 5.44. The molecule has 1 aliphatic heterocycles. The lowest BCUT2D eigenvalue weighted by Gasteiger charge is -2.04. The van der Waals surface area contributed by atoms with Crippen LogP contribution in [0.25, 0.3) is 0 Å². The lowest BCUT2D eigenvalue weighted by molar-refractivity contribution is 0.357. The third-order valence-electron chi connectivity index (χ3n) is 2.97. The van der Waals surface area contributed by atoms with Crippen LogP contribution in [0.1, 0.15) is 30.0 Å². The highest BCUT2D eigenvalue weighted by Gasteiger charge is 2.21. The van der Waals surface area contributed by atoms with E-state index in [1.165, 1.54) is 31.7 Å². The fraction of sp³-hybridized carbons (Fsp3) is 0.462. The first-order chi connectivity index (χ1) is 7.36. The van der Waals surface area contributed by atoms with Gasteiger partial charge < -0.3 is 4.74 Å². The van der Waals surface area contributed by atoms with Crippen LogP contribution in [0.3, 0.4) is 0 Å². The summed E-state index contributed by atoms with van der Waals surface area (Å²) < 4.78 is 5.52. The van der Waals surface area contributed by atoms with Gasteiger partial charge in [-0.1, -0.05) is 6.07 Å². The second-order valence-corrected chi connectivity index (χ2v) is 3.86. The van der Waals surface area contributed by atoms with Crippen molar-refractivity contribution in [3.05, 3.63) is 28.8 Å². The number of rotatable bonds is 0. The summed E-state index contributed by atoms with van der Waals surface area (Å²) in [5, 5.41) is 7.32. The average Bonchev–Trinajstić information content (AvgIpc) is 2.86. The van der Waals surface area contributed by atoms with Gasteiger partial charge in [0.05, 0.1) is 12.7 Å². The molecular formula is C13H15NO. The van der Waals surface area contributed by atoms with Crippen molar-refractivity contribution in [2.75, 3.05) is 6.61 Å². The third-order valence-corrected chi connectivity index (χ3v) is 2.97. The number of fused-ring (bicyclic) bond motifs is 3. The van der Waals surface area contributed by atoms with Crippen LogP contribution >= 0.6 is 0 Å². The molecule has 0 fully saturated rings. The van der Waals surface area contributed by atoms with E-state index in [1.54, 1.807) is 17.2 Å². The fourth-order valence-electron chi connectivity index (χ4n) is 2.39. The molecule has 1 aromatic carbocycles. The molecule has 0 saturated heterocycles. The van der Waals surface area contributed by atoms with Crippen molar-refractivity contribution in [3.63, 3.8) is 0 Å². The van der Waals surface area contributed by atoms with Gasteiger partial charge in [0, 0.05) is 18.9 Å². The van der Waals surface area contributed by atoms with Crippen LogP contribution in [-0.2, 0) is 19.3 Å². The average molecular weight is 201 g/mol. The lowest BCUT2D eigenvalue weighted by Crippen LogP contribution is -1.89. The number of ether oxygens (including phenoxy) is 1. The quantitative estimate of drug-likeness (QED) is 0.646. The minimum absolute atomic E-state index is 0.895. The van der Waals surface area contributed by atoms with Crippen LogP contribution in [-0.4, -0.2) is 6.61 Å². The van der Waals surface area contributed by atoms with Gasteiger partial charge in [0.1, 0.15) is 5.75 Å². The normalized spacial score (nSPS) is 15.5. The predicted octanol–water partition coefficient (Wildman–Crippen LogP) is 2.64. The van der Waals surface area contributed by atoms with Gasteiger partial charge in [-0.15, -0.1) is 0 Å². The molecule has 0 atom stereocenters. The molecule has 1 aromatic rings. The Morgan fingerprint density at radius 3 is 2.80 bits per heavy atom. The SMILES string of the molecule is CC#N.c1cc2c(c3c1CCC3)CCO2. The van der Waals surface area contributed by atoms with Crippen LogP contribution in [0.2, 0.25) is 0 Å². The molecule has 0 spiro atoms. The van der Waals surface area contributed by atoms with E-state index in [2.05, 4.69) is 12.1 Å². The summed E-state index contributed by atoms with van der Waals surface area (Å²) in [6, 6.07) is 6.14. The second kappa shape index (κ2) is 4.35. The zero-order valence-corrected chi connectivity index (χ0v) is 9.05. The Hall–Kier alpha value is -1.49. The Kier molecular flexibility index (Phi) is 2.91. The summed E-state index contributed by atoms with van der Waals surface area (Å²) >= 11 is 0. The van der Waals surface area contributed by atoms with Crippen molar-refractivity contribution >= 4 is 0 Å². The highest BCUT2D eigenvalue weighted by molar-refractivity contribution is 5.49. The number of nitriles is 1. The predicted molar refractivity (Wildman–Crippen MR) is 59.0 cm³/mol. The summed E-state index contributed by atoms with van der Waals surface area (Å²) in [6.45, 7) is 2.33. The van der Waals surface area contributed by atoms with Crippen LogP contribution in [0, 0.1) is 11.3 Å². The van der Waals surface area contributed by atoms with Gasteiger partial charge in [-0.05, 0) is 36.5 Å². The summed E-state index contributed by atoms with van der Waals surface area (Å²) in [5.74, 6) is 1.15. The van der Waals surface area contributed by atoms with Gasteiger partial charge in [-0.25, -0.2) is 0 Å². The monoisotopic (exact) mass is 201 g/mol. The molecule has 1 heterocycles. The molecule has 2 aliphatic rings. The molecule has 0 N–H and O–H groups in total. The van der Waals surface area contributed by atoms with E-state index in [9.17, 15) is 0 Å². The van der Waals surface area contributed by atoms with E-state index in [-0.39, 0.29) is 0 Å². The Balaban J connectivity index is 0.000000258. The minimum atomic E-state index is 0.895. The summed E-state index contributed by atoms with van der Waals surface area (Å²) in [6.07, 6.45) is 5.04. The Bertz CT molecular complexity index is 371. The topological polar surface area (TPSA) is 33.0 Å². The van der Waals surface area contributed by atoms with Gasteiger partial charge in [0.25, 0.3) is 0 Å². The minimum Gasteiger partial charge on any atom is -0.493 e. The van der Waals surface area contributed by atoms with E-state index < -0.39 is 0 Å². The van der Waals surface area contributed by atoms with Gasteiger partial charge in [0.2, 0.25) is 0 Å². The standard InChI is InChI=1S/C11H12O.C2H3N/c1-2-8-4-5-11-10(6-7-12-11)9(8)3-1;1-2-3/h4-5H,1-3,6-7H2;1H3. The Morgan fingerprint density at radius 1 is 1.20 bits per heavy atom. The van der Waals surface area contributed by atoms with Crippen LogP contribution in [0.4, 0.5) is 0 Å². The van der Waals surface area contributed by atoms with E-state index in [1.807, 2.05) is 0 Å². The van der Waals surface area contributed by atoms with Crippen molar-refractivity contribution in [1.82, 2.24) is 0 Å². The molecule has 1 aliphatic carbocycles. The van der Waals surface area contributed by atoms with E-state index >= 15 is 0 Å². The Labute approximate surface area is 90.5 Å². The molecule has 0 radical (unpaired) electrons. The van der Waals surface area contributed by atoms with Crippen molar-refractivity contribution in [1.29, 1.82) is 5.26 Å². The maximum absolute atomic E-state index is 7.32. The first kappa shape index (κ1) is 10.0. The molecule has 2 nitrogen and oxygen atoms in total. The van der Waals surface area contributed by atoms with Gasteiger partial charge in [-0.3, -0.25) is 0 Å². The van der Waals surface area contributed by atoms with Crippen molar-refractivity contribution in [2.24, 2.45) is 0 Å². The van der Waals surface area contributed by atoms with Crippen LogP contribution in [0.5, 0.6) is 5.75 Å². The summed E-state index contributed by atoms with van der Waals surface area (Å²) in [5.41, 5.74) is 4.68. The summed E-state index contributed by atoms with van der Waals surface area (Å²) in [7, 11) is 0. The highest BCUT2D eigenvalue weighted by Crippen LogP contribution is 2.35. The zero-order valence-electron chi connectivity index (χ0n) is 9.05. The number of aryl methyl sites for hydroxylation is 1. The summed E-state index contributed by atoms with van der Waals surface area (Å²) in [4.78, 5) is 0. The van der Waals surface area contributed by atoms with E-state index in [4.69, 9.17) is 10.00 Å². The molecule has 0 aromatic heterocycles. The third kappa shape index (κ3) is 1.83. The number of benzene rings is 1. The van der Waals surface area contributed by atoms with Crippen LogP contribution < -0.4 is 4.74 Å². The van der Waals surface area contributed by atoms with Crippen molar-refractivity contribution in [2.45, 2.75) is 32.6 Å². The van der Waals surface area contributed by atoms with Crippen molar-refractivity contribution < 1.29 is 4.74 Å². The van der Waals surface area contributed by atoms with Gasteiger partial charge in [0.15, 0.2) is 0 Å². The zero-order chi connectivity index (χ0) is 10.7. The molecule has 78 valence electrons. The van der Waals surface area contributed by atoms with Gasteiger partial charge >= 0.3 is 0 Å². The number of hydrogen-bond acceptors (Lipinski definition) is 2. The molecule has 15 heavy (non-hydrogen) atoms. The maximum atomic E-state index is 7.32. The Morgan fingerprint density at radius 2 is 2.00 bits per heavy atom. The lowest BCUT2D eigenvalue weighted by atomic mass is 10.0. The smallest absolute Gasteiger partial charge is 0.122 e. The van der Waals surface area contributed by atoms with E-state index in [0.29, 0.717) is 0 Å². The van der Waals surface area contributed by atoms with E-state index in [0.717, 1.165) is 18.8 Å².